The zero-order valence-corrected chi connectivity index (χ0v) is 9.19. The van der Waals surface area contributed by atoms with E-state index in [0.29, 0.717) is 5.69 Å². The van der Waals surface area contributed by atoms with Crippen molar-refractivity contribution in [1.82, 2.24) is 4.57 Å². The molecule has 0 amide bonds. The maximum atomic E-state index is 11.3. The lowest BCUT2D eigenvalue weighted by atomic mass is 10.3. The normalized spacial score (nSPS) is 10.4. The third-order valence-corrected chi connectivity index (χ3v) is 1.86. The summed E-state index contributed by atoms with van der Waals surface area (Å²) >= 11 is 0. The van der Waals surface area contributed by atoms with E-state index in [4.69, 9.17) is 4.74 Å². The van der Waals surface area contributed by atoms with Crippen LogP contribution >= 0.6 is 0 Å². The number of aromatic nitrogens is 1. The first-order chi connectivity index (χ1) is 7.00. The van der Waals surface area contributed by atoms with Crippen LogP contribution in [0.5, 0.6) is 0 Å². The molecule has 0 N–H and O–H groups in total. The van der Waals surface area contributed by atoms with E-state index in [-0.39, 0.29) is 24.4 Å². The summed E-state index contributed by atoms with van der Waals surface area (Å²) in [7, 11) is 0. The lowest BCUT2D eigenvalue weighted by Gasteiger charge is -2.09. The van der Waals surface area contributed by atoms with Crippen molar-refractivity contribution >= 4 is 11.8 Å². The molecule has 0 saturated carbocycles. The molecule has 0 bridgehead atoms. The number of carbonyl (C=O) groups is 2. The van der Waals surface area contributed by atoms with E-state index in [1.807, 2.05) is 0 Å². The summed E-state index contributed by atoms with van der Waals surface area (Å²) in [6.07, 6.45) is 1.56. The van der Waals surface area contributed by atoms with Gasteiger partial charge in [0, 0.05) is 13.1 Å². The number of carbonyl (C=O) groups excluding carboxylic acids is 2. The third kappa shape index (κ3) is 3.23. The summed E-state index contributed by atoms with van der Waals surface area (Å²) < 4.78 is 6.58. The highest BCUT2D eigenvalue weighted by atomic mass is 16.5. The monoisotopic (exact) mass is 209 g/mol. The molecule has 1 rings (SSSR count). The fourth-order valence-electron chi connectivity index (χ4n) is 1.31. The summed E-state index contributed by atoms with van der Waals surface area (Å²) in [4.78, 5) is 22.5. The Hall–Kier alpha value is -1.58. The Bertz CT molecular complexity index is 366. The first-order valence-corrected chi connectivity index (χ1v) is 4.86. The Kier molecular flexibility index (Phi) is 3.66. The average molecular weight is 209 g/mol. The first-order valence-electron chi connectivity index (χ1n) is 4.86. The second kappa shape index (κ2) is 4.77. The predicted octanol–water partition coefficient (Wildman–Crippen LogP) is 1.64. The standard InChI is InChI=1S/C11H15NO3/c1-8(2)15-11(14)7-12-6-4-5-10(12)9(3)13/h4-6,8H,7H2,1-3H3. The van der Waals surface area contributed by atoms with Crippen LogP contribution in [0.4, 0.5) is 0 Å². The summed E-state index contributed by atoms with van der Waals surface area (Å²) in [6.45, 7) is 5.14. The largest absolute Gasteiger partial charge is 0.462 e. The van der Waals surface area contributed by atoms with Gasteiger partial charge in [-0.25, -0.2) is 0 Å². The fourth-order valence-corrected chi connectivity index (χ4v) is 1.31. The van der Waals surface area contributed by atoms with Gasteiger partial charge >= 0.3 is 5.97 Å². The van der Waals surface area contributed by atoms with E-state index >= 15 is 0 Å². The highest BCUT2D eigenvalue weighted by Gasteiger charge is 2.11. The smallest absolute Gasteiger partial charge is 0.326 e. The lowest BCUT2D eigenvalue weighted by Crippen LogP contribution is -2.19. The zero-order valence-electron chi connectivity index (χ0n) is 9.19. The Balaban J connectivity index is 2.68. The van der Waals surface area contributed by atoms with Crippen molar-refractivity contribution in [3.05, 3.63) is 24.0 Å². The Morgan fingerprint density at radius 1 is 1.47 bits per heavy atom. The van der Waals surface area contributed by atoms with Crippen LogP contribution in [0.2, 0.25) is 0 Å². The molecule has 4 heteroatoms. The zero-order chi connectivity index (χ0) is 11.4. The molecule has 0 aromatic carbocycles. The second-order valence-corrected chi connectivity index (χ2v) is 3.62. The first kappa shape index (κ1) is 11.5. The van der Waals surface area contributed by atoms with Crippen LogP contribution in [0.25, 0.3) is 0 Å². The van der Waals surface area contributed by atoms with Gasteiger partial charge in [-0.15, -0.1) is 0 Å². The van der Waals surface area contributed by atoms with Gasteiger partial charge < -0.3 is 9.30 Å². The molecule has 1 aromatic heterocycles. The number of rotatable bonds is 4. The molecule has 0 aliphatic rings. The Morgan fingerprint density at radius 2 is 2.13 bits per heavy atom. The highest BCUT2D eigenvalue weighted by molar-refractivity contribution is 5.92. The summed E-state index contributed by atoms with van der Waals surface area (Å²) in [5.41, 5.74) is 0.524. The molecule has 15 heavy (non-hydrogen) atoms. The van der Waals surface area contributed by atoms with E-state index in [2.05, 4.69) is 0 Å². The molecule has 0 unspecified atom stereocenters. The van der Waals surface area contributed by atoms with Gasteiger partial charge in [-0.3, -0.25) is 9.59 Å². The van der Waals surface area contributed by atoms with Gasteiger partial charge in [0.2, 0.25) is 0 Å². The van der Waals surface area contributed by atoms with Crippen LogP contribution in [-0.4, -0.2) is 22.4 Å². The molecule has 0 saturated heterocycles. The summed E-state index contributed by atoms with van der Waals surface area (Å²) in [5.74, 6) is -0.388. The third-order valence-electron chi connectivity index (χ3n) is 1.86. The number of ketones is 1. The minimum Gasteiger partial charge on any atom is -0.462 e. The van der Waals surface area contributed by atoms with Crippen LogP contribution < -0.4 is 0 Å². The van der Waals surface area contributed by atoms with E-state index in [1.54, 1.807) is 36.7 Å². The minimum absolute atomic E-state index is 0.0580. The molecule has 0 atom stereocenters. The van der Waals surface area contributed by atoms with Crippen molar-refractivity contribution in [1.29, 1.82) is 0 Å². The number of esters is 1. The fraction of sp³-hybridized carbons (Fsp3) is 0.455. The van der Waals surface area contributed by atoms with E-state index < -0.39 is 0 Å². The van der Waals surface area contributed by atoms with Crippen molar-refractivity contribution in [2.45, 2.75) is 33.4 Å². The number of hydrogen-bond donors (Lipinski definition) is 0. The maximum Gasteiger partial charge on any atom is 0.326 e. The summed E-state index contributed by atoms with van der Waals surface area (Å²) in [5, 5.41) is 0. The quantitative estimate of drug-likeness (QED) is 0.559. The average Bonchev–Trinajstić information content (AvgIpc) is 2.50. The van der Waals surface area contributed by atoms with Crippen molar-refractivity contribution < 1.29 is 14.3 Å². The van der Waals surface area contributed by atoms with Gasteiger partial charge in [0.1, 0.15) is 6.54 Å². The number of Topliss-reactive ketones (excluding diaryl/α,β-unsaturated/α-hetero) is 1. The van der Waals surface area contributed by atoms with Gasteiger partial charge in [0.15, 0.2) is 5.78 Å². The van der Waals surface area contributed by atoms with Gasteiger partial charge in [-0.05, 0) is 26.0 Å². The molecule has 0 fully saturated rings. The summed E-state index contributed by atoms with van der Waals surface area (Å²) in [6, 6.07) is 3.42. The van der Waals surface area contributed by atoms with Gasteiger partial charge in [0.05, 0.1) is 11.8 Å². The topological polar surface area (TPSA) is 48.3 Å². The molecular weight excluding hydrogens is 194 g/mol. The van der Waals surface area contributed by atoms with Crippen LogP contribution in [-0.2, 0) is 16.1 Å². The molecule has 82 valence electrons. The molecule has 1 aromatic rings. The van der Waals surface area contributed by atoms with Crippen LogP contribution in [0, 0.1) is 0 Å². The SMILES string of the molecule is CC(=O)c1cccn1CC(=O)OC(C)C. The number of hydrogen-bond acceptors (Lipinski definition) is 3. The van der Waals surface area contributed by atoms with Gasteiger partial charge in [-0.2, -0.15) is 0 Å². The molecule has 0 aliphatic heterocycles. The molecule has 0 spiro atoms. The van der Waals surface area contributed by atoms with E-state index in [9.17, 15) is 9.59 Å². The van der Waals surface area contributed by atoms with E-state index in [1.165, 1.54) is 6.92 Å². The molecule has 0 aliphatic carbocycles. The van der Waals surface area contributed by atoms with Crippen molar-refractivity contribution in [2.24, 2.45) is 0 Å². The Labute approximate surface area is 88.8 Å². The molecular formula is C11H15NO3. The minimum atomic E-state index is -0.330. The second-order valence-electron chi connectivity index (χ2n) is 3.62. The van der Waals surface area contributed by atoms with Gasteiger partial charge in [-0.1, -0.05) is 0 Å². The van der Waals surface area contributed by atoms with Crippen molar-refractivity contribution in [2.75, 3.05) is 0 Å². The lowest BCUT2D eigenvalue weighted by molar-refractivity contribution is -0.148. The van der Waals surface area contributed by atoms with Crippen LogP contribution in [0.15, 0.2) is 18.3 Å². The maximum absolute atomic E-state index is 11.3. The molecule has 1 heterocycles. The van der Waals surface area contributed by atoms with E-state index in [0.717, 1.165) is 0 Å². The number of nitrogens with zero attached hydrogens (tertiary/aromatic N) is 1. The van der Waals surface area contributed by atoms with Crippen LogP contribution in [0.1, 0.15) is 31.3 Å². The Morgan fingerprint density at radius 3 is 2.67 bits per heavy atom. The molecule has 4 nitrogen and oxygen atoms in total. The van der Waals surface area contributed by atoms with Gasteiger partial charge in [0.25, 0.3) is 0 Å². The predicted molar refractivity (Wildman–Crippen MR) is 55.7 cm³/mol. The van der Waals surface area contributed by atoms with Crippen LogP contribution in [0.3, 0.4) is 0 Å². The van der Waals surface area contributed by atoms with Crippen molar-refractivity contribution in [3.63, 3.8) is 0 Å². The van der Waals surface area contributed by atoms with Crippen molar-refractivity contribution in [3.8, 4) is 0 Å². The highest BCUT2D eigenvalue weighted by Crippen LogP contribution is 2.04. The molecule has 0 radical (unpaired) electrons. The number of ether oxygens (including phenoxy) is 1.